The van der Waals surface area contributed by atoms with Crippen molar-refractivity contribution >= 4 is 17.6 Å². The molecule has 1 aromatic carbocycles. The molecule has 0 aliphatic heterocycles. The van der Waals surface area contributed by atoms with Crippen LogP contribution < -0.4 is 4.90 Å². The molecule has 4 heteroatoms. The number of rotatable bonds is 3. The third-order valence-corrected chi connectivity index (χ3v) is 3.91. The molecular formula is C13H13NO3. The number of hydrogen-bond donors (Lipinski definition) is 1. The zero-order chi connectivity index (χ0) is 12.2. The highest BCUT2D eigenvalue weighted by atomic mass is 16.4. The number of hydrogen-bond acceptors (Lipinski definition) is 2. The van der Waals surface area contributed by atoms with Gasteiger partial charge in [0.2, 0.25) is 5.91 Å². The summed E-state index contributed by atoms with van der Waals surface area (Å²) in [7, 11) is 1.75. The molecule has 1 aromatic rings. The standard InChI is InChI=1S/C13H13NO3/c1-14(12(17)13-6-9(13)7-13)10-4-2-8(3-5-10)11(15)16/h2-5,9H,6-7H2,1H3,(H,15,16). The molecule has 0 radical (unpaired) electrons. The summed E-state index contributed by atoms with van der Waals surface area (Å²) in [6.07, 6.45) is 2.06. The summed E-state index contributed by atoms with van der Waals surface area (Å²) < 4.78 is 0. The van der Waals surface area contributed by atoms with Gasteiger partial charge in [-0.3, -0.25) is 4.79 Å². The molecule has 3 rings (SSSR count). The third kappa shape index (κ3) is 1.44. The highest BCUT2D eigenvalue weighted by molar-refractivity contribution is 6.02. The number of carboxylic acid groups (broad SMARTS) is 1. The molecule has 0 bridgehead atoms. The van der Waals surface area contributed by atoms with E-state index in [1.54, 1.807) is 24.1 Å². The number of benzene rings is 1. The van der Waals surface area contributed by atoms with Crippen molar-refractivity contribution in [3.8, 4) is 0 Å². The maximum absolute atomic E-state index is 12.1. The lowest BCUT2D eigenvalue weighted by molar-refractivity contribution is -0.121. The topological polar surface area (TPSA) is 57.6 Å². The summed E-state index contributed by atoms with van der Waals surface area (Å²) in [5.74, 6) is -0.158. The fourth-order valence-electron chi connectivity index (χ4n) is 2.33. The van der Waals surface area contributed by atoms with Gasteiger partial charge in [0.1, 0.15) is 0 Å². The predicted molar refractivity (Wildman–Crippen MR) is 62.0 cm³/mol. The molecule has 2 fully saturated rings. The first-order valence-electron chi connectivity index (χ1n) is 5.66. The van der Waals surface area contributed by atoms with Gasteiger partial charge in [0.05, 0.1) is 11.0 Å². The van der Waals surface area contributed by atoms with Crippen molar-refractivity contribution in [3.63, 3.8) is 0 Å². The lowest BCUT2D eigenvalue weighted by atomic mass is 10.1. The largest absolute Gasteiger partial charge is 0.478 e. The fourth-order valence-corrected chi connectivity index (χ4v) is 2.33. The average molecular weight is 231 g/mol. The van der Waals surface area contributed by atoms with Crippen molar-refractivity contribution in [3.05, 3.63) is 29.8 Å². The van der Waals surface area contributed by atoms with Crippen LogP contribution in [0.3, 0.4) is 0 Å². The Morgan fingerprint density at radius 2 is 1.82 bits per heavy atom. The molecule has 2 saturated carbocycles. The fraction of sp³-hybridized carbons (Fsp3) is 0.385. The Morgan fingerprint density at radius 3 is 2.24 bits per heavy atom. The zero-order valence-electron chi connectivity index (χ0n) is 9.51. The van der Waals surface area contributed by atoms with Crippen molar-refractivity contribution in [2.45, 2.75) is 12.8 Å². The molecule has 1 amide bonds. The van der Waals surface area contributed by atoms with E-state index >= 15 is 0 Å². The van der Waals surface area contributed by atoms with E-state index in [1.165, 1.54) is 12.1 Å². The minimum absolute atomic E-state index is 0.0414. The highest BCUT2D eigenvalue weighted by Gasteiger charge is 2.75. The van der Waals surface area contributed by atoms with Crippen LogP contribution in [0.1, 0.15) is 23.2 Å². The smallest absolute Gasteiger partial charge is 0.335 e. The van der Waals surface area contributed by atoms with Gasteiger partial charge in [-0.2, -0.15) is 0 Å². The minimum atomic E-state index is -0.950. The van der Waals surface area contributed by atoms with Gasteiger partial charge in [0, 0.05) is 12.7 Å². The van der Waals surface area contributed by atoms with Crippen molar-refractivity contribution in [2.24, 2.45) is 11.3 Å². The van der Waals surface area contributed by atoms with Gasteiger partial charge >= 0.3 is 5.97 Å². The zero-order valence-corrected chi connectivity index (χ0v) is 9.51. The third-order valence-electron chi connectivity index (χ3n) is 3.91. The summed E-state index contributed by atoms with van der Waals surface area (Å²) in [5.41, 5.74) is 0.954. The van der Waals surface area contributed by atoms with Gasteiger partial charge in [0.25, 0.3) is 0 Å². The van der Waals surface area contributed by atoms with Gasteiger partial charge in [0.15, 0.2) is 0 Å². The first-order valence-corrected chi connectivity index (χ1v) is 5.66. The Balaban J connectivity index is 1.79. The Kier molecular flexibility index (Phi) is 1.88. The Morgan fingerprint density at radius 1 is 1.29 bits per heavy atom. The Bertz CT molecular complexity index is 500. The van der Waals surface area contributed by atoms with Gasteiger partial charge in [-0.15, -0.1) is 0 Å². The van der Waals surface area contributed by atoms with Crippen molar-refractivity contribution < 1.29 is 14.7 Å². The normalized spacial score (nSPS) is 28.2. The van der Waals surface area contributed by atoms with E-state index in [0.717, 1.165) is 18.5 Å². The van der Waals surface area contributed by atoms with Crippen LogP contribution in [0.15, 0.2) is 24.3 Å². The molecule has 0 aromatic heterocycles. The van der Waals surface area contributed by atoms with Crippen LogP contribution in [0, 0.1) is 11.3 Å². The van der Waals surface area contributed by atoms with Crippen molar-refractivity contribution in [1.82, 2.24) is 0 Å². The molecule has 2 aliphatic rings. The number of aromatic carboxylic acids is 1. The molecule has 88 valence electrons. The van der Waals surface area contributed by atoms with Gasteiger partial charge in [-0.25, -0.2) is 4.79 Å². The second-order valence-electron chi connectivity index (χ2n) is 4.98. The van der Waals surface area contributed by atoms with E-state index in [1.807, 2.05) is 0 Å². The van der Waals surface area contributed by atoms with Gasteiger partial charge < -0.3 is 10.0 Å². The number of carboxylic acids is 1. The molecule has 17 heavy (non-hydrogen) atoms. The van der Waals surface area contributed by atoms with Gasteiger partial charge in [-0.1, -0.05) is 0 Å². The molecule has 4 nitrogen and oxygen atoms in total. The minimum Gasteiger partial charge on any atom is -0.478 e. The number of fused-ring (bicyclic) bond motifs is 1. The maximum atomic E-state index is 12.1. The lowest BCUT2D eigenvalue weighted by Gasteiger charge is -2.19. The number of carbonyl (C=O) groups excluding carboxylic acids is 1. The second kappa shape index (κ2) is 3.09. The molecular weight excluding hydrogens is 218 g/mol. The van der Waals surface area contributed by atoms with E-state index in [4.69, 9.17) is 5.11 Å². The Hall–Kier alpha value is -1.84. The molecule has 0 heterocycles. The monoisotopic (exact) mass is 231 g/mol. The van der Waals surface area contributed by atoms with E-state index in [2.05, 4.69) is 0 Å². The van der Waals surface area contributed by atoms with E-state index in [-0.39, 0.29) is 16.9 Å². The lowest BCUT2D eigenvalue weighted by Crippen LogP contribution is -2.30. The number of carbonyl (C=O) groups is 2. The van der Waals surface area contributed by atoms with E-state index < -0.39 is 5.97 Å². The molecule has 1 N–H and O–H groups in total. The maximum Gasteiger partial charge on any atom is 0.335 e. The van der Waals surface area contributed by atoms with Crippen LogP contribution in [0.4, 0.5) is 5.69 Å². The summed E-state index contributed by atoms with van der Waals surface area (Å²) >= 11 is 0. The number of nitrogens with zero attached hydrogens (tertiary/aromatic N) is 1. The SMILES string of the molecule is CN(C(=O)C12CC1C2)c1ccc(C(=O)O)cc1. The van der Waals surface area contributed by atoms with E-state index in [0.29, 0.717) is 5.92 Å². The van der Waals surface area contributed by atoms with Crippen LogP contribution >= 0.6 is 0 Å². The van der Waals surface area contributed by atoms with Crippen LogP contribution in [0.25, 0.3) is 0 Å². The molecule has 0 atom stereocenters. The van der Waals surface area contributed by atoms with Crippen LogP contribution in [-0.4, -0.2) is 24.0 Å². The second-order valence-corrected chi connectivity index (χ2v) is 4.98. The average Bonchev–Trinajstić information content (AvgIpc) is 3.16. The molecule has 0 spiro atoms. The first-order chi connectivity index (χ1) is 8.04. The molecule has 0 unspecified atom stereocenters. The van der Waals surface area contributed by atoms with Crippen LogP contribution in [0.2, 0.25) is 0 Å². The van der Waals surface area contributed by atoms with E-state index in [9.17, 15) is 9.59 Å². The molecule has 0 saturated heterocycles. The first kappa shape index (κ1) is 10.3. The summed E-state index contributed by atoms with van der Waals surface area (Å²) in [6.45, 7) is 0. The summed E-state index contributed by atoms with van der Waals surface area (Å²) in [4.78, 5) is 24.4. The number of amides is 1. The Labute approximate surface area is 98.9 Å². The number of anilines is 1. The van der Waals surface area contributed by atoms with Crippen LogP contribution in [0.5, 0.6) is 0 Å². The summed E-state index contributed by atoms with van der Waals surface area (Å²) in [6, 6.07) is 6.41. The quantitative estimate of drug-likeness (QED) is 0.862. The summed E-state index contributed by atoms with van der Waals surface area (Å²) in [5, 5.41) is 8.79. The van der Waals surface area contributed by atoms with Crippen LogP contribution in [-0.2, 0) is 4.79 Å². The van der Waals surface area contributed by atoms with Crippen molar-refractivity contribution in [2.75, 3.05) is 11.9 Å². The molecule has 2 aliphatic carbocycles. The predicted octanol–water partition coefficient (Wildman–Crippen LogP) is 1.76. The highest BCUT2D eigenvalue weighted by Crippen LogP contribution is 2.75. The van der Waals surface area contributed by atoms with Gasteiger partial charge in [-0.05, 0) is 43.0 Å². The van der Waals surface area contributed by atoms with Crippen molar-refractivity contribution in [1.29, 1.82) is 0 Å².